The maximum absolute atomic E-state index is 5.19. The number of hydrogen-bond donors (Lipinski definition) is 1. The fraction of sp³-hybridized carbons (Fsp3) is 1.00. The van der Waals surface area contributed by atoms with Crippen molar-refractivity contribution in [2.24, 2.45) is 0 Å². The minimum Gasteiger partial charge on any atom is -0.378 e. The summed E-state index contributed by atoms with van der Waals surface area (Å²) in [6.45, 7) is 4.54. The van der Waals surface area contributed by atoms with Gasteiger partial charge in [-0.25, -0.2) is 0 Å². The Balaban J connectivity index is 1.51. The van der Waals surface area contributed by atoms with Crippen molar-refractivity contribution in [3.8, 4) is 0 Å². The number of piperidine rings is 1. The minimum atomic E-state index is 0.660. The normalized spacial score (nSPS) is 39.4. The lowest BCUT2D eigenvalue weighted by Crippen LogP contribution is -2.54. The molecule has 2 unspecified atom stereocenters. The van der Waals surface area contributed by atoms with E-state index in [2.05, 4.69) is 10.2 Å². The van der Waals surface area contributed by atoms with Crippen LogP contribution in [0.15, 0.2) is 0 Å². The Morgan fingerprint density at radius 2 is 2.00 bits per heavy atom. The van der Waals surface area contributed by atoms with Gasteiger partial charge < -0.3 is 15.0 Å². The average Bonchev–Trinajstić information content (AvgIpc) is 2.58. The van der Waals surface area contributed by atoms with E-state index in [1.165, 1.54) is 38.8 Å². The number of ether oxygens (including phenoxy) is 1. The van der Waals surface area contributed by atoms with Gasteiger partial charge in [-0.3, -0.25) is 0 Å². The van der Waals surface area contributed by atoms with Crippen LogP contribution in [0.2, 0.25) is 0 Å². The third kappa shape index (κ3) is 1.69. The summed E-state index contributed by atoms with van der Waals surface area (Å²) in [5.41, 5.74) is 0. The highest BCUT2D eigenvalue weighted by Gasteiger charge is 2.33. The Kier molecular flexibility index (Phi) is 2.48. The first kappa shape index (κ1) is 9.13. The zero-order chi connectivity index (χ0) is 9.38. The molecular formula is C11H20N2O. The highest BCUT2D eigenvalue weighted by atomic mass is 16.5. The molecule has 0 bridgehead atoms. The van der Waals surface area contributed by atoms with Gasteiger partial charge in [0, 0.05) is 12.1 Å². The van der Waals surface area contributed by atoms with Crippen LogP contribution in [0.25, 0.3) is 0 Å². The smallest absolute Gasteiger partial charge is 0.0643 e. The number of rotatable bonds is 2. The van der Waals surface area contributed by atoms with Gasteiger partial charge in [0.15, 0.2) is 0 Å². The van der Waals surface area contributed by atoms with Crippen LogP contribution in [0.1, 0.15) is 25.7 Å². The molecule has 0 aromatic heterocycles. The quantitative estimate of drug-likeness (QED) is 0.700. The second-order valence-corrected chi connectivity index (χ2v) is 4.95. The molecule has 3 heteroatoms. The van der Waals surface area contributed by atoms with E-state index in [0.717, 1.165) is 25.3 Å². The molecule has 14 heavy (non-hydrogen) atoms. The molecule has 3 heterocycles. The monoisotopic (exact) mass is 196 g/mol. The molecule has 3 saturated heterocycles. The summed E-state index contributed by atoms with van der Waals surface area (Å²) in [5.74, 6) is 0. The third-order valence-electron chi connectivity index (χ3n) is 3.93. The summed E-state index contributed by atoms with van der Waals surface area (Å²) in [4.78, 5) is 2.68. The number of fused-ring (bicyclic) bond motifs is 1. The molecular weight excluding hydrogens is 176 g/mol. The van der Waals surface area contributed by atoms with Crippen molar-refractivity contribution in [1.82, 2.24) is 10.2 Å². The van der Waals surface area contributed by atoms with Gasteiger partial charge in [-0.15, -0.1) is 0 Å². The van der Waals surface area contributed by atoms with Gasteiger partial charge in [0.05, 0.1) is 19.3 Å². The fourth-order valence-corrected chi connectivity index (χ4v) is 3.04. The predicted octanol–water partition coefficient (Wildman–Crippen LogP) is 0.602. The summed E-state index contributed by atoms with van der Waals surface area (Å²) < 4.78 is 5.19. The molecule has 3 fully saturated rings. The van der Waals surface area contributed by atoms with Crippen molar-refractivity contribution in [2.75, 3.05) is 26.3 Å². The van der Waals surface area contributed by atoms with E-state index >= 15 is 0 Å². The molecule has 0 aromatic carbocycles. The second kappa shape index (κ2) is 3.80. The molecule has 80 valence electrons. The Bertz CT molecular complexity index is 205. The molecule has 0 amide bonds. The molecule has 2 atom stereocenters. The van der Waals surface area contributed by atoms with Gasteiger partial charge in [0.25, 0.3) is 0 Å². The molecule has 0 aliphatic carbocycles. The van der Waals surface area contributed by atoms with Gasteiger partial charge in [-0.05, 0) is 38.8 Å². The summed E-state index contributed by atoms with van der Waals surface area (Å²) in [5, 5.41) is 3.72. The molecule has 3 rings (SSSR count). The highest BCUT2D eigenvalue weighted by Crippen LogP contribution is 2.27. The highest BCUT2D eigenvalue weighted by molar-refractivity contribution is 4.91. The molecule has 0 radical (unpaired) electrons. The van der Waals surface area contributed by atoms with Crippen molar-refractivity contribution >= 4 is 0 Å². The van der Waals surface area contributed by atoms with Crippen molar-refractivity contribution in [3.63, 3.8) is 0 Å². The van der Waals surface area contributed by atoms with E-state index in [9.17, 15) is 0 Å². The third-order valence-corrected chi connectivity index (χ3v) is 3.93. The van der Waals surface area contributed by atoms with Crippen molar-refractivity contribution < 1.29 is 4.74 Å². The first-order valence-corrected chi connectivity index (χ1v) is 5.99. The lowest BCUT2D eigenvalue weighted by molar-refractivity contribution is -0.0149. The summed E-state index contributed by atoms with van der Waals surface area (Å²) >= 11 is 0. The average molecular weight is 196 g/mol. The summed E-state index contributed by atoms with van der Waals surface area (Å²) in [6, 6.07) is 2.32. The van der Waals surface area contributed by atoms with Gasteiger partial charge in [0.1, 0.15) is 0 Å². The van der Waals surface area contributed by atoms with E-state index in [1.54, 1.807) is 0 Å². The number of hydrogen-bond acceptors (Lipinski definition) is 3. The van der Waals surface area contributed by atoms with Crippen molar-refractivity contribution in [3.05, 3.63) is 0 Å². The molecule has 3 aliphatic rings. The van der Waals surface area contributed by atoms with E-state index in [0.29, 0.717) is 6.04 Å². The van der Waals surface area contributed by atoms with E-state index in [1.807, 2.05) is 0 Å². The second-order valence-electron chi connectivity index (χ2n) is 4.95. The van der Waals surface area contributed by atoms with Gasteiger partial charge >= 0.3 is 0 Å². The largest absolute Gasteiger partial charge is 0.378 e. The molecule has 3 nitrogen and oxygen atoms in total. The first-order chi connectivity index (χ1) is 6.92. The molecule has 0 aromatic rings. The van der Waals surface area contributed by atoms with Crippen LogP contribution in [0, 0.1) is 0 Å². The first-order valence-electron chi connectivity index (χ1n) is 5.99. The molecule has 0 spiro atoms. The molecule has 0 saturated carbocycles. The van der Waals surface area contributed by atoms with Gasteiger partial charge in [-0.2, -0.15) is 0 Å². The SMILES string of the molecule is C1CC2CC(NC3COC3)CCN2C1. The Morgan fingerprint density at radius 3 is 2.79 bits per heavy atom. The minimum absolute atomic E-state index is 0.660. The van der Waals surface area contributed by atoms with E-state index < -0.39 is 0 Å². The van der Waals surface area contributed by atoms with E-state index in [4.69, 9.17) is 4.74 Å². The van der Waals surface area contributed by atoms with Crippen LogP contribution in [-0.4, -0.2) is 49.3 Å². The fourth-order valence-electron chi connectivity index (χ4n) is 3.04. The lowest BCUT2D eigenvalue weighted by atomic mass is 9.96. The Labute approximate surface area is 85.8 Å². The van der Waals surface area contributed by atoms with Crippen LogP contribution < -0.4 is 5.32 Å². The number of nitrogens with one attached hydrogen (secondary N) is 1. The summed E-state index contributed by atoms with van der Waals surface area (Å²) in [7, 11) is 0. The standard InChI is InChI=1S/C11H20N2O/c1-2-11-6-9(3-5-13(11)4-1)12-10-7-14-8-10/h9-12H,1-8H2. The van der Waals surface area contributed by atoms with Crippen molar-refractivity contribution in [2.45, 2.75) is 43.8 Å². The van der Waals surface area contributed by atoms with Crippen LogP contribution in [-0.2, 0) is 4.74 Å². The van der Waals surface area contributed by atoms with Gasteiger partial charge in [0.2, 0.25) is 0 Å². The predicted molar refractivity (Wildman–Crippen MR) is 55.4 cm³/mol. The number of nitrogens with zero attached hydrogens (tertiary/aromatic N) is 1. The van der Waals surface area contributed by atoms with Crippen LogP contribution in [0.5, 0.6) is 0 Å². The van der Waals surface area contributed by atoms with Gasteiger partial charge in [-0.1, -0.05) is 0 Å². The van der Waals surface area contributed by atoms with Crippen LogP contribution in [0.4, 0.5) is 0 Å². The topological polar surface area (TPSA) is 24.5 Å². The maximum Gasteiger partial charge on any atom is 0.0643 e. The summed E-state index contributed by atoms with van der Waals surface area (Å²) in [6.07, 6.45) is 5.56. The zero-order valence-corrected chi connectivity index (χ0v) is 8.74. The van der Waals surface area contributed by atoms with E-state index in [-0.39, 0.29) is 0 Å². The van der Waals surface area contributed by atoms with Crippen LogP contribution >= 0.6 is 0 Å². The maximum atomic E-state index is 5.19. The van der Waals surface area contributed by atoms with Crippen LogP contribution in [0.3, 0.4) is 0 Å². The molecule has 3 aliphatic heterocycles. The van der Waals surface area contributed by atoms with Crippen molar-refractivity contribution in [1.29, 1.82) is 0 Å². The molecule has 1 N–H and O–H groups in total. The Hall–Kier alpha value is -0.120. The zero-order valence-electron chi connectivity index (χ0n) is 8.74. The Morgan fingerprint density at radius 1 is 1.07 bits per heavy atom. The lowest BCUT2D eigenvalue weighted by Gasteiger charge is -2.39.